The monoisotopic (exact) mass is 217 g/mol. The van der Waals surface area contributed by atoms with Gasteiger partial charge >= 0.3 is 5.97 Å². The molecule has 6 heteroatoms. The number of nitrogens with two attached hydrogens (primary N) is 1. The minimum atomic E-state index is -1.24. The average molecular weight is 217 g/mol. The molecular formula is C9H9F2NO3. The maximum absolute atomic E-state index is 12.6. The van der Waals surface area contributed by atoms with Gasteiger partial charge in [0.05, 0.1) is 0 Å². The van der Waals surface area contributed by atoms with Crippen molar-refractivity contribution >= 4 is 5.97 Å². The number of benzene rings is 1. The number of carbonyl (C=O) groups is 1. The number of carboxylic acids is 1. The molecule has 0 spiro atoms. The molecule has 0 saturated carbocycles. The summed E-state index contributed by atoms with van der Waals surface area (Å²) in [5.41, 5.74) is 5.13. The highest BCUT2D eigenvalue weighted by Gasteiger charge is 2.12. The summed E-state index contributed by atoms with van der Waals surface area (Å²) < 4.78 is 30.1. The van der Waals surface area contributed by atoms with E-state index in [0.29, 0.717) is 6.07 Å². The van der Waals surface area contributed by atoms with E-state index >= 15 is 0 Å². The van der Waals surface area contributed by atoms with Crippen molar-refractivity contribution < 1.29 is 23.4 Å². The quantitative estimate of drug-likeness (QED) is 0.780. The van der Waals surface area contributed by atoms with E-state index in [9.17, 15) is 13.6 Å². The SMILES string of the molecule is NC(COc1cc(F)cc(F)c1)C(=O)O. The molecule has 0 saturated heterocycles. The Morgan fingerprint density at radius 3 is 2.40 bits per heavy atom. The summed E-state index contributed by atoms with van der Waals surface area (Å²) in [5.74, 6) is -2.93. The van der Waals surface area contributed by atoms with Gasteiger partial charge in [0.2, 0.25) is 0 Å². The predicted octanol–water partition coefficient (Wildman–Crippen LogP) is 0.756. The minimum Gasteiger partial charge on any atom is -0.491 e. The fourth-order valence-electron chi connectivity index (χ4n) is 0.869. The molecule has 0 fully saturated rings. The molecule has 4 nitrogen and oxygen atoms in total. The number of ether oxygens (including phenoxy) is 1. The Balaban J connectivity index is 2.61. The van der Waals surface area contributed by atoms with Crippen molar-refractivity contribution in [1.82, 2.24) is 0 Å². The lowest BCUT2D eigenvalue weighted by atomic mass is 10.3. The van der Waals surface area contributed by atoms with Gasteiger partial charge < -0.3 is 15.6 Å². The van der Waals surface area contributed by atoms with Crippen molar-refractivity contribution in [2.24, 2.45) is 5.73 Å². The van der Waals surface area contributed by atoms with Crippen molar-refractivity contribution in [3.63, 3.8) is 0 Å². The van der Waals surface area contributed by atoms with E-state index in [2.05, 4.69) is 0 Å². The average Bonchev–Trinajstić information content (AvgIpc) is 2.12. The molecule has 0 radical (unpaired) electrons. The van der Waals surface area contributed by atoms with Gasteiger partial charge in [-0.15, -0.1) is 0 Å². The molecule has 0 aromatic heterocycles. The number of carboxylic acid groups (broad SMARTS) is 1. The molecule has 1 atom stereocenters. The first-order chi connectivity index (χ1) is 6.99. The van der Waals surface area contributed by atoms with E-state index in [1.54, 1.807) is 0 Å². The summed E-state index contributed by atoms with van der Waals surface area (Å²) in [7, 11) is 0. The van der Waals surface area contributed by atoms with Crippen LogP contribution in [0.3, 0.4) is 0 Å². The van der Waals surface area contributed by atoms with E-state index in [4.69, 9.17) is 15.6 Å². The topological polar surface area (TPSA) is 72.5 Å². The van der Waals surface area contributed by atoms with Crippen LogP contribution in [0, 0.1) is 11.6 Å². The van der Waals surface area contributed by atoms with Crippen LogP contribution in [0.4, 0.5) is 8.78 Å². The van der Waals surface area contributed by atoms with Crippen LogP contribution in [0.5, 0.6) is 5.75 Å². The lowest BCUT2D eigenvalue weighted by Crippen LogP contribution is -2.36. The summed E-state index contributed by atoms with van der Waals surface area (Å²) in [6, 6.07) is 1.34. The third kappa shape index (κ3) is 3.51. The molecular weight excluding hydrogens is 208 g/mol. The Bertz CT molecular complexity index is 350. The molecule has 0 heterocycles. The fraction of sp³-hybridized carbons (Fsp3) is 0.222. The molecule has 1 unspecified atom stereocenters. The molecule has 1 aromatic rings. The van der Waals surface area contributed by atoms with Crippen LogP contribution < -0.4 is 10.5 Å². The van der Waals surface area contributed by atoms with Gasteiger partial charge in [0.1, 0.15) is 30.0 Å². The maximum atomic E-state index is 12.6. The van der Waals surface area contributed by atoms with Crippen molar-refractivity contribution in [3.8, 4) is 5.75 Å². The molecule has 0 amide bonds. The van der Waals surface area contributed by atoms with E-state index < -0.39 is 23.6 Å². The predicted molar refractivity (Wildman–Crippen MR) is 47.5 cm³/mol. The van der Waals surface area contributed by atoms with Crippen LogP contribution in [-0.2, 0) is 4.79 Å². The second kappa shape index (κ2) is 4.70. The zero-order chi connectivity index (χ0) is 11.4. The third-order valence-electron chi connectivity index (χ3n) is 1.58. The molecule has 1 aromatic carbocycles. The second-order valence-corrected chi connectivity index (χ2v) is 2.86. The van der Waals surface area contributed by atoms with Crippen LogP contribution in [0.15, 0.2) is 18.2 Å². The van der Waals surface area contributed by atoms with Gasteiger partial charge in [-0.1, -0.05) is 0 Å². The molecule has 15 heavy (non-hydrogen) atoms. The van der Waals surface area contributed by atoms with Gasteiger partial charge in [-0.05, 0) is 0 Å². The number of aliphatic carboxylic acids is 1. The Hall–Kier alpha value is -1.69. The summed E-state index contributed by atoms with van der Waals surface area (Å²) in [5, 5.41) is 8.42. The highest BCUT2D eigenvalue weighted by Crippen LogP contribution is 2.15. The highest BCUT2D eigenvalue weighted by atomic mass is 19.1. The molecule has 0 aliphatic carbocycles. The molecule has 0 aliphatic rings. The lowest BCUT2D eigenvalue weighted by molar-refractivity contribution is -0.139. The number of rotatable bonds is 4. The summed E-state index contributed by atoms with van der Waals surface area (Å²) in [6.45, 7) is -0.349. The number of hydrogen-bond acceptors (Lipinski definition) is 3. The first-order valence-electron chi connectivity index (χ1n) is 4.06. The van der Waals surface area contributed by atoms with E-state index in [-0.39, 0.29) is 12.4 Å². The van der Waals surface area contributed by atoms with Crippen molar-refractivity contribution in [2.75, 3.05) is 6.61 Å². The second-order valence-electron chi connectivity index (χ2n) is 2.86. The summed E-state index contributed by atoms with van der Waals surface area (Å²) in [6.07, 6.45) is 0. The number of halogens is 2. The fourth-order valence-corrected chi connectivity index (χ4v) is 0.869. The third-order valence-corrected chi connectivity index (χ3v) is 1.58. The Labute approximate surface area is 84.3 Å². The van der Waals surface area contributed by atoms with E-state index in [0.717, 1.165) is 12.1 Å². The standard InChI is InChI=1S/C9H9F2NO3/c10-5-1-6(11)3-7(2-5)15-4-8(12)9(13)14/h1-3,8H,4,12H2,(H,13,14). The van der Waals surface area contributed by atoms with Crippen LogP contribution in [-0.4, -0.2) is 23.7 Å². The molecule has 3 N–H and O–H groups in total. The van der Waals surface area contributed by atoms with Gasteiger partial charge in [-0.2, -0.15) is 0 Å². The molecule has 0 bridgehead atoms. The zero-order valence-electron chi connectivity index (χ0n) is 7.61. The van der Waals surface area contributed by atoms with Crippen molar-refractivity contribution in [1.29, 1.82) is 0 Å². The van der Waals surface area contributed by atoms with Crippen molar-refractivity contribution in [2.45, 2.75) is 6.04 Å². The highest BCUT2D eigenvalue weighted by molar-refractivity contribution is 5.73. The lowest BCUT2D eigenvalue weighted by Gasteiger charge is -2.09. The van der Waals surface area contributed by atoms with Crippen LogP contribution >= 0.6 is 0 Å². The van der Waals surface area contributed by atoms with E-state index in [1.807, 2.05) is 0 Å². The Morgan fingerprint density at radius 1 is 1.40 bits per heavy atom. The van der Waals surface area contributed by atoms with Crippen molar-refractivity contribution in [3.05, 3.63) is 29.8 Å². The van der Waals surface area contributed by atoms with Gasteiger partial charge in [0.15, 0.2) is 0 Å². The van der Waals surface area contributed by atoms with Gasteiger partial charge in [0.25, 0.3) is 0 Å². The summed E-state index contributed by atoms with van der Waals surface area (Å²) in [4.78, 5) is 10.3. The normalized spacial score (nSPS) is 12.2. The smallest absolute Gasteiger partial charge is 0.324 e. The van der Waals surface area contributed by atoms with Gasteiger partial charge in [0, 0.05) is 18.2 Å². The molecule has 0 aliphatic heterocycles. The van der Waals surface area contributed by atoms with Crippen LogP contribution in [0.2, 0.25) is 0 Å². The largest absolute Gasteiger partial charge is 0.491 e. The van der Waals surface area contributed by atoms with Crippen LogP contribution in [0.25, 0.3) is 0 Å². The van der Waals surface area contributed by atoms with Crippen LogP contribution in [0.1, 0.15) is 0 Å². The van der Waals surface area contributed by atoms with E-state index in [1.165, 1.54) is 0 Å². The molecule has 82 valence electrons. The molecule has 1 rings (SSSR count). The maximum Gasteiger partial charge on any atom is 0.324 e. The zero-order valence-corrected chi connectivity index (χ0v) is 7.61. The Morgan fingerprint density at radius 2 is 1.93 bits per heavy atom. The van der Waals surface area contributed by atoms with Gasteiger partial charge in [-0.25, -0.2) is 8.78 Å². The summed E-state index contributed by atoms with van der Waals surface area (Å²) >= 11 is 0. The Kier molecular flexibility index (Phi) is 3.56. The minimum absolute atomic E-state index is 0.0933. The first-order valence-corrected chi connectivity index (χ1v) is 4.06. The first kappa shape index (κ1) is 11.4. The number of hydrogen-bond donors (Lipinski definition) is 2. The van der Waals surface area contributed by atoms with Gasteiger partial charge in [-0.3, -0.25) is 4.79 Å².